The molecule has 6 heterocycles. The molecule has 0 aliphatic heterocycles. The molecule has 0 atom stereocenters. The zero-order valence-electron chi connectivity index (χ0n) is 38.3. The van der Waals surface area contributed by atoms with E-state index in [1.807, 2.05) is 0 Å². The van der Waals surface area contributed by atoms with Crippen molar-refractivity contribution >= 4 is 109 Å². The van der Waals surface area contributed by atoms with Gasteiger partial charge in [-0.25, -0.2) is 4.98 Å². The summed E-state index contributed by atoms with van der Waals surface area (Å²) >= 11 is 0. The van der Waals surface area contributed by atoms with Crippen molar-refractivity contribution in [2.45, 2.75) is 0 Å². The third-order valence-corrected chi connectivity index (χ3v) is 15.1. The Hall–Kier alpha value is -9.65. The number of benzene rings is 10. The van der Waals surface area contributed by atoms with E-state index in [4.69, 9.17) is 4.98 Å². The number of nitrogens with zero attached hydrogens (tertiary/aromatic N) is 6. The molecule has 0 amide bonds. The highest BCUT2D eigenvalue weighted by molar-refractivity contribution is 6.15. The van der Waals surface area contributed by atoms with Gasteiger partial charge in [0.1, 0.15) is 11.6 Å². The number of fused-ring (bicyclic) bond motifs is 15. The lowest BCUT2D eigenvalue weighted by atomic mass is 10.1. The first-order chi connectivity index (χ1) is 35.2. The minimum Gasteiger partial charge on any atom is -0.309 e. The quantitative estimate of drug-likeness (QED) is 0.170. The monoisotopic (exact) mass is 904 g/mol. The summed E-state index contributed by atoms with van der Waals surface area (Å²) in [6.07, 6.45) is 0. The molecule has 16 aromatic rings. The maximum Gasteiger partial charge on any atom is 0.140 e. The van der Waals surface area contributed by atoms with Crippen LogP contribution in [0.2, 0.25) is 0 Å². The highest BCUT2D eigenvalue weighted by Gasteiger charge is 2.22. The second kappa shape index (κ2) is 14.4. The predicted octanol–water partition coefficient (Wildman–Crippen LogP) is 16.6. The molecule has 6 heteroatoms. The van der Waals surface area contributed by atoms with Crippen LogP contribution in [0.15, 0.2) is 243 Å². The Morgan fingerprint density at radius 2 is 0.408 bits per heavy atom. The van der Waals surface area contributed by atoms with Crippen LogP contribution in [0.3, 0.4) is 0 Å². The van der Waals surface area contributed by atoms with Gasteiger partial charge in [0.2, 0.25) is 0 Å². The maximum absolute atomic E-state index is 5.63. The van der Waals surface area contributed by atoms with Crippen molar-refractivity contribution in [1.29, 1.82) is 0 Å². The van der Waals surface area contributed by atoms with Crippen LogP contribution in [0, 0.1) is 0 Å². The number of hydrogen-bond donors (Lipinski definition) is 0. The van der Waals surface area contributed by atoms with E-state index in [9.17, 15) is 0 Å². The van der Waals surface area contributed by atoms with Crippen molar-refractivity contribution in [3.05, 3.63) is 243 Å². The molecule has 6 aromatic heterocycles. The molecule has 0 unspecified atom stereocenters. The van der Waals surface area contributed by atoms with Crippen LogP contribution in [0.4, 0.5) is 0 Å². The molecule has 0 aliphatic rings. The zero-order chi connectivity index (χ0) is 46.3. The number of hydrogen-bond acceptors (Lipinski definition) is 1. The summed E-state index contributed by atoms with van der Waals surface area (Å²) < 4.78 is 11.9. The van der Waals surface area contributed by atoms with Crippen LogP contribution in [-0.2, 0) is 0 Å². The van der Waals surface area contributed by atoms with E-state index < -0.39 is 0 Å². The molecule has 0 bridgehead atoms. The van der Waals surface area contributed by atoms with E-state index in [-0.39, 0.29) is 0 Å². The van der Waals surface area contributed by atoms with Crippen LogP contribution in [0.5, 0.6) is 0 Å². The van der Waals surface area contributed by atoms with E-state index >= 15 is 0 Å². The number of para-hydroxylation sites is 7. The first-order valence-electron chi connectivity index (χ1n) is 24.3. The molecule has 0 saturated heterocycles. The fraction of sp³-hybridized carbons (Fsp3) is 0. The first-order valence-corrected chi connectivity index (χ1v) is 24.3. The Labute approximate surface area is 406 Å². The number of aromatic nitrogens is 6. The standard InChI is InChI=1S/C65H40N6/c1-8-23-54-44(16-1)45-17-2-9-24-55(45)67(54)41-32-35-61-51(38-41)50-22-7-14-29-60(50)70(61)64-30-15-31-65(66-64)71-62-36-33-42(68-56-25-10-3-18-46(56)47-19-4-11-26-57(47)68)39-52(62)53-40-43(34-37-63(53)71)69-58-27-12-5-20-48(58)49-21-6-13-28-59(49)69/h1-40H. The molecule has 6 nitrogen and oxygen atoms in total. The Morgan fingerprint density at radius 3 is 0.704 bits per heavy atom. The molecular formula is C65H40N6. The predicted molar refractivity (Wildman–Crippen MR) is 296 cm³/mol. The van der Waals surface area contributed by atoms with Gasteiger partial charge in [0.05, 0.1) is 55.2 Å². The minimum absolute atomic E-state index is 0.851. The van der Waals surface area contributed by atoms with Crippen molar-refractivity contribution in [2.24, 2.45) is 0 Å². The van der Waals surface area contributed by atoms with Gasteiger partial charge < -0.3 is 13.7 Å². The molecule has 10 aromatic carbocycles. The Kier molecular flexibility index (Phi) is 7.79. The van der Waals surface area contributed by atoms with Crippen LogP contribution in [0.1, 0.15) is 0 Å². The van der Waals surface area contributed by atoms with Crippen LogP contribution < -0.4 is 0 Å². The summed E-state index contributed by atoms with van der Waals surface area (Å²) in [5.74, 6) is 1.71. The Morgan fingerprint density at radius 1 is 0.183 bits per heavy atom. The average Bonchev–Trinajstić information content (AvgIpc) is 4.22. The second-order valence-corrected chi connectivity index (χ2v) is 18.8. The summed E-state index contributed by atoms with van der Waals surface area (Å²) in [5, 5.41) is 12.2. The van der Waals surface area contributed by atoms with Crippen molar-refractivity contribution in [3.63, 3.8) is 0 Å². The summed E-state index contributed by atoms with van der Waals surface area (Å²) in [7, 11) is 0. The molecule has 0 radical (unpaired) electrons. The smallest absolute Gasteiger partial charge is 0.140 e. The van der Waals surface area contributed by atoms with Gasteiger partial charge in [-0.3, -0.25) is 9.13 Å². The van der Waals surface area contributed by atoms with Crippen molar-refractivity contribution in [3.8, 4) is 28.7 Å². The van der Waals surface area contributed by atoms with Crippen molar-refractivity contribution in [2.75, 3.05) is 0 Å². The van der Waals surface area contributed by atoms with Crippen molar-refractivity contribution in [1.82, 2.24) is 27.8 Å². The van der Waals surface area contributed by atoms with E-state index in [0.717, 1.165) is 61.5 Å². The minimum atomic E-state index is 0.851. The second-order valence-electron chi connectivity index (χ2n) is 18.8. The van der Waals surface area contributed by atoms with Crippen LogP contribution in [0.25, 0.3) is 138 Å². The van der Waals surface area contributed by atoms with Gasteiger partial charge in [-0.1, -0.05) is 133 Å². The number of pyridine rings is 1. The van der Waals surface area contributed by atoms with Gasteiger partial charge in [0.25, 0.3) is 0 Å². The lowest BCUT2D eigenvalue weighted by Gasteiger charge is -2.13. The van der Waals surface area contributed by atoms with Gasteiger partial charge in [0, 0.05) is 70.9 Å². The fourth-order valence-corrected chi connectivity index (χ4v) is 12.1. The third kappa shape index (κ3) is 5.33. The van der Waals surface area contributed by atoms with Gasteiger partial charge in [-0.15, -0.1) is 0 Å². The molecule has 0 saturated carbocycles. The van der Waals surface area contributed by atoms with Crippen molar-refractivity contribution < 1.29 is 0 Å². The summed E-state index contributed by atoms with van der Waals surface area (Å²) in [6, 6.07) is 88.4. The lowest BCUT2D eigenvalue weighted by Crippen LogP contribution is -2.03. The van der Waals surface area contributed by atoms with Gasteiger partial charge in [0.15, 0.2) is 0 Å². The largest absolute Gasteiger partial charge is 0.309 e. The Balaban J connectivity index is 0.926. The molecule has 0 aliphatic carbocycles. The Bertz CT molecular complexity index is 4570. The molecule has 16 rings (SSSR count). The highest BCUT2D eigenvalue weighted by Crippen LogP contribution is 2.41. The molecule has 71 heavy (non-hydrogen) atoms. The number of rotatable bonds is 5. The fourth-order valence-electron chi connectivity index (χ4n) is 12.1. The molecular weight excluding hydrogens is 865 g/mol. The van der Waals surface area contributed by atoms with Gasteiger partial charge in [-0.2, -0.15) is 0 Å². The average molecular weight is 905 g/mol. The molecule has 0 spiro atoms. The molecule has 0 N–H and O–H groups in total. The summed E-state index contributed by atoms with van der Waals surface area (Å²) in [6.45, 7) is 0. The summed E-state index contributed by atoms with van der Waals surface area (Å²) in [5.41, 5.74) is 14.9. The van der Waals surface area contributed by atoms with Crippen LogP contribution >= 0.6 is 0 Å². The van der Waals surface area contributed by atoms with Gasteiger partial charge >= 0.3 is 0 Å². The molecule has 0 fully saturated rings. The van der Waals surface area contributed by atoms with Crippen LogP contribution in [-0.4, -0.2) is 27.8 Å². The topological polar surface area (TPSA) is 37.5 Å². The highest BCUT2D eigenvalue weighted by atomic mass is 15.1. The lowest BCUT2D eigenvalue weighted by molar-refractivity contribution is 1.01. The van der Waals surface area contributed by atoms with E-state index in [1.165, 1.54) is 76.2 Å². The first kappa shape index (κ1) is 38.3. The van der Waals surface area contributed by atoms with E-state index in [2.05, 4.69) is 265 Å². The van der Waals surface area contributed by atoms with E-state index in [1.54, 1.807) is 0 Å². The van der Waals surface area contributed by atoms with E-state index in [0.29, 0.717) is 0 Å². The maximum atomic E-state index is 5.63. The summed E-state index contributed by atoms with van der Waals surface area (Å²) in [4.78, 5) is 5.63. The SMILES string of the molecule is c1cc(-n2c3ccccc3c3cc(-n4c5ccccc5c5ccccc54)ccc32)nc(-n2c3ccc(-n4c5ccccc5c5ccccc54)cc3c3cc(-n4c5ccccc5c5ccccc54)ccc32)c1. The third-order valence-electron chi connectivity index (χ3n) is 15.1. The molecule has 330 valence electrons. The normalized spacial score (nSPS) is 12.2. The van der Waals surface area contributed by atoms with Gasteiger partial charge in [-0.05, 0) is 109 Å². The zero-order valence-corrected chi connectivity index (χ0v) is 38.3.